The first-order valence-corrected chi connectivity index (χ1v) is 8.75. The number of anilines is 1. The molecule has 1 atom stereocenters. The fourth-order valence-electron chi connectivity index (χ4n) is 3.13. The lowest BCUT2D eigenvalue weighted by molar-refractivity contribution is 0.517. The first kappa shape index (κ1) is 16.0. The molecule has 0 bridgehead atoms. The van der Waals surface area contributed by atoms with Gasteiger partial charge in [-0.25, -0.2) is 4.98 Å². The third-order valence-corrected chi connectivity index (χ3v) is 4.58. The summed E-state index contributed by atoms with van der Waals surface area (Å²) in [6.07, 6.45) is 9.73. The Balaban J connectivity index is 1.57. The van der Waals surface area contributed by atoms with Crippen LogP contribution in [0.4, 0.5) is 5.82 Å². The van der Waals surface area contributed by atoms with E-state index >= 15 is 0 Å². The van der Waals surface area contributed by atoms with Gasteiger partial charge in [-0.2, -0.15) is 5.10 Å². The van der Waals surface area contributed by atoms with E-state index in [1.807, 2.05) is 17.1 Å². The molecular formula is C18H27N5. The van der Waals surface area contributed by atoms with Crippen LogP contribution in [-0.4, -0.2) is 27.9 Å². The van der Waals surface area contributed by atoms with E-state index in [1.54, 1.807) is 0 Å². The number of hydrogen-bond acceptors (Lipinski definition) is 4. The van der Waals surface area contributed by atoms with Crippen molar-refractivity contribution in [3.8, 4) is 0 Å². The van der Waals surface area contributed by atoms with Crippen molar-refractivity contribution in [3.05, 3.63) is 41.9 Å². The molecule has 0 spiro atoms. The highest BCUT2D eigenvalue weighted by atomic mass is 15.3. The summed E-state index contributed by atoms with van der Waals surface area (Å²) in [6, 6.07) is 4.68. The van der Waals surface area contributed by atoms with Crippen molar-refractivity contribution >= 4 is 5.82 Å². The van der Waals surface area contributed by atoms with Crippen LogP contribution < -0.4 is 10.2 Å². The van der Waals surface area contributed by atoms with Crippen molar-refractivity contribution in [1.82, 2.24) is 20.1 Å². The number of hydrogen-bond donors (Lipinski definition) is 1. The van der Waals surface area contributed by atoms with Crippen molar-refractivity contribution in [2.75, 3.05) is 18.0 Å². The topological polar surface area (TPSA) is 46.0 Å². The molecule has 0 saturated carbocycles. The van der Waals surface area contributed by atoms with Gasteiger partial charge in [0.2, 0.25) is 0 Å². The van der Waals surface area contributed by atoms with Gasteiger partial charge in [-0.3, -0.25) is 4.68 Å². The summed E-state index contributed by atoms with van der Waals surface area (Å²) in [5.74, 6) is 1.11. The maximum absolute atomic E-state index is 4.62. The molecule has 2 aromatic rings. The van der Waals surface area contributed by atoms with Crippen LogP contribution in [0.1, 0.15) is 50.3 Å². The van der Waals surface area contributed by atoms with E-state index in [0.717, 1.165) is 38.4 Å². The number of nitrogens with one attached hydrogen (secondary N) is 1. The van der Waals surface area contributed by atoms with E-state index < -0.39 is 0 Å². The summed E-state index contributed by atoms with van der Waals surface area (Å²) in [5, 5.41) is 7.99. The second kappa shape index (κ2) is 7.59. The molecule has 0 radical (unpaired) electrons. The molecule has 1 aliphatic rings. The molecule has 1 saturated heterocycles. The van der Waals surface area contributed by atoms with E-state index in [2.05, 4.69) is 52.5 Å². The van der Waals surface area contributed by atoms with Gasteiger partial charge in [-0.15, -0.1) is 0 Å². The van der Waals surface area contributed by atoms with E-state index in [-0.39, 0.29) is 0 Å². The molecule has 5 heteroatoms. The highest BCUT2D eigenvalue weighted by Crippen LogP contribution is 2.19. The van der Waals surface area contributed by atoms with Gasteiger partial charge in [0.15, 0.2) is 0 Å². The predicted octanol–water partition coefficient (Wildman–Crippen LogP) is 3.14. The van der Waals surface area contributed by atoms with E-state index in [1.165, 1.54) is 24.0 Å². The molecule has 1 fully saturated rings. The van der Waals surface area contributed by atoms with Crippen LogP contribution >= 0.6 is 0 Å². The Bertz CT molecular complexity index is 598. The van der Waals surface area contributed by atoms with Crippen molar-refractivity contribution in [2.45, 2.75) is 52.2 Å². The van der Waals surface area contributed by atoms with Gasteiger partial charge in [0.25, 0.3) is 0 Å². The molecule has 23 heavy (non-hydrogen) atoms. The SMILES string of the molecule is CC[C@H](NCc1ccc(N2CCCC2)nc1)c1cnn(CC)c1. The lowest BCUT2D eigenvalue weighted by Crippen LogP contribution is -2.21. The second-order valence-corrected chi connectivity index (χ2v) is 6.19. The van der Waals surface area contributed by atoms with Crippen molar-refractivity contribution in [3.63, 3.8) is 0 Å². The fraction of sp³-hybridized carbons (Fsp3) is 0.556. The number of pyridine rings is 1. The van der Waals surface area contributed by atoms with E-state index in [4.69, 9.17) is 0 Å². The van der Waals surface area contributed by atoms with Gasteiger partial charge in [-0.1, -0.05) is 13.0 Å². The fourth-order valence-corrected chi connectivity index (χ4v) is 3.13. The largest absolute Gasteiger partial charge is 0.357 e. The Hall–Kier alpha value is -1.88. The lowest BCUT2D eigenvalue weighted by Gasteiger charge is -2.18. The Labute approximate surface area is 138 Å². The van der Waals surface area contributed by atoms with Gasteiger partial charge >= 0.3 is 0 Å². The first-order valence-electron chi connectivity index (χ1n) is 8.75. The minimum Gasteiger partial charge on any atom is -0.357 e. The minimum absolute atomic E-state index is 0.341. The summed E-state index contributed by atoms with van der Waals surface area (Å²) in [4.78, 5) is 6.99. The van der Waals surface area contributed by atoms with Crippen molar-refractivity contribution < 1.29 is 0 Å². The molecule has 0 unspecified atom stereocenters. The molecule has 0 amide bonds. The van der Waals surface area contributed by atoms with Crippen LogP contribution in [0.15, 0.2) is 30.7 Å². The minimum atomic E-state index is 0.341. The molecule has 3 heterocycles. The van der Waals surface area contributed by atoms with E-state index in [9.17, 15) is 0 Å². The van der Waals surface area contributed by atoms with Crippen LogP contribution in [0, 0.1) is 0 Å². The van der Waals surface area contributed by atoms with Gasteiger partial charge in [0, 0.05) is 50.2 Å². The Kier molecular flexibility index (Phi) is 5.28. The third kappa shape index (κ3) is 3.91. The number of aryl methyl sites for hydroxylation is 1. The monoisotopic (exact) mass is 313 g/mol. The highest BCUT2D eigenvalue weighted by Gasteiger charge is 2.14. The number of rotatable bonds is 7. The quantitative estimate of drug-likeness (QED) is 0.853. The summed E-state index contributed by atoms with van der Waals surface area (Å²) < 4.78 is 1.98. The lowest BCUT2D eigenvalue weighted by atomic mass is 10.1. The van der Waals surface area contributed by atoms with Gasteiger partial charge in [-0.05, 0) is 37.8 Å². The Morgan fingerprint density at radius 1 is 1.17 bits per heavy atom. The first-order chi connectivity index (χ1) is 11.3. The summed E-state index contributed by atoms with van der Waals surface area (Å²) in [5.41, 5.74) is 2.49. The summed E-state index contributed by atoms with van der Waals surface area (Å²) in [7, 11) is 0. The zero-order chi connectivity index (χ0) is 16.1. The molecule has 5 nitrogen and oxygen atoms in total. The third-order valence-electron chi connectivity index (χ3n) is 4.58. The smallest absolute Gasteiger partial charge is 0.128 e. The number of nitrogens with zero attached hydrogens (tertiary/aromatic N) is 4. The molecule has 124 valence electrons. The standard InChI is InChI=1S/C18H27N5/c1-3-17(16-13-21-23(4-2)14-16)19-11-15-7-8-18(20-12-15)22-9-5-6-10-22/h7-8,12-14,17,19H,3-6,9-11H2,1-2H3/t17-/m0/s1. The summed E-state index contributed by atoms with van der Waals surface area (Å²) in [6.45, 7) is 8.35. The molecule has 3 rings (SSSR count). The average molecular weight is 313 g/mol. The average Bonchev–Trinajstić information content (AvgIpc) is 3.28. The maximum Gasteiger partial charge on any atom is 0.128 e. The van der Waals surface area contributed by atoms with Gasteiger partial charge in [0.05, 0.1) is 6.20 Å². The number of aromatic nitrogens is 3. The molecular weight excluding hydrogens is 286 g/mol. The second-order valence-electron chi connectivity index (χ2n) is 6.19. The maximum atomic E-state index is 4.62. The predicted molar refractivity (Wildman–Crippen MR) is 93.5 cm³/mol. The van der Waals surface area contributed by atoms with Crippen LogP contribution in [0.2, 0.25) is 0 Å². The normalized spacial score (nSPS) is 16.0. The highest BCUT2D eigenvalue weighted by molar-refractivity contribution is 5.40. The van der Waals surface area contributed by atoms with Crippen molar-refractivity contribution in [2.24, 2.45) is 0 Å². The molecule has 1 N–H and O–H groups in total. The van der Waals surface area contributed by atoms with Crippen LogP contribution in [0.5, 0.6) is 0 Å². The van der Waals surface area contributed by atoms with Crippen LogP contribution in [0.25, 0.3) is 0 Å². The Morgan fingerprint density at radius 3 is 2.61 bits per heavy atom. The zero-order valence-corrected chi connectivity index (χ0v) is 14.2. The molecule has 0 aliphatic carbocycles. The Morgan fingerprint density at radius 2 is 2.00 bits per heavy atom. The van der Waals surface area contributed by atoms with Crippen LogP contribution in [-0.2, 0) is 13.1 Å². The zero-order valence-electron chi connectivity index (χ0n) is 14.2. The molecule has 0 aromatic carbocycles. The van der Waals surface area contributed by atoms with E-state index in [0.29, 0.717) is 6.04 Å². The van der Waals surface area contributed by atoms with Crippen molar-refractivity contribution in [1.29, 1.82) is 0 Å². The van der Waals surface area contributed by atoms with Gasteiger partial charge in [0.1, 0.15) is 5.82 Å². The molecule has 2 aromatic heterocycles. The van der Waals surface area contributed by atoms with Gasteiger partial charge < -0.3 is 10.2 Å². The molecule has 1 aliphatic heterocycles. The van der Waals surface area contributed by atoms with Crippen LogP contribution in [0.3, 0.4) is 0 Å². The summed E-state index contributed by atoms with van der Waals surface area (Å²) >= 11 is 0.